The first-order valence-electron chi connectivity index (χ1n) is 11.1. The molecule has 34 heavy (non-hydrogen) atoms. The number of piperazine rings is 1. The van der Waals surface area contributed by atoms with Crippen molar-refractivity contribution >= 4 is 33.3 Å². The molecule has 1 aliphatic heterocycles. The molecule has 2 aromatic carbocycles. The normalized spacial score (nSPS) is 17.9. The third-order valence-corrected chi connectivity index (χ3v) is 7.90. The van der Waals surface area contributed by atoms with Gasteiger partial charge in [0.25, 0.3) is 0 Å². The van der Waals surface area contributed by atoms with E-state index < -0.39 is 16.1 Å². The number of benzene rings is 2. The number of hydrogen-bond donors (Lipinski definition) is 1. The molecular weight excluding hydrogens is 456 g/mol. The van der Waals surface area contributed by atoms with E-state index in [0.29, 0.717) is 17.8 Å². The van der Waals surface area contributed by atoms with Crippen molar-refractivity contribution in [1.82, 2.24) is 9.21 Å². The summed E-state index contributed by atoms with van der Waals surface area (Å²) >= 11 is 0. The third kappa shape index (κ3) is 5.57. The Morgan fingerprint density at radius 2 is 1.79 bits per heavy atom. The maximum absolute atomic E-state index is 13.0. The Morgan fingerprint density at radius 1 is 1.12 bits per heavy atom. The Kier molecular flexibility index (Phi) is 7.96. The number of methoxy groups -OCH3 is 1. The highest BCUT2D eigenvalue weighted by Crippen LogP contribution is 2.23. The minimum Gasteiger partial charge on any atom is -0.465 e. The van der Waals surface area contributed by atoms with E-state index in [0.717, 1.165) is 23.1 Å². The van der Waals surface area contributed by atoms with E-state index >= 15 is 0 Å². The first kappa shape index (κ1) is 25.7. The van der Waals surface area contributed by atoms with Crippen LogP contribution in [0, 0.1) is 0 Å². The number of carbonyl (C=O) groups excluding carboxylic acids is 2. The molecule has 1 heterocycles. The number of anilines is 2. The molecule has 0 aliphatic carbocycles. The zero-order valence-electron chi connectivity index (χ0n) is 20.2. The van der Waals surface area contributed by atoms with Gasteiger partial charge in [-0.3, -0.25) is 9.69 Å². The standard InChI is InChI=1S/C24H32N4O5S/c1-17-16-27(21-11-9-19(10-12-21)24(30)33-5)13-14-28(17)18(2)23(29)25-20-7-6-8-22(15-20)34(31,32)26(3)4/h6-12,15,17-18H,13-14,16H2,1-5H3,(H,25,29). The van der Waals surface area contributed by atoms with Crippen LogP contribution in [0.4, 0.5) is 11.4 Å². The molecule has 0 radical (unpaired) electrons. The second kappa shape index (κ2) is 10.5. The molecule has 2 aromatic rings. The number of rotatable bonds is 7. The largest absolute Gasteiger partial charge is 0.465 e. The highest BCUT2D eigenvalue weighted by atomic mass is 32.2. The molecule has 0 saturated carbocycles. The number of nitrogens with one attached hydrogen (secondary N) is 1. The number of nitrogens with zero attached hydrogens (tertiary/aromatic N) is 3. The molecule has 2 atom stereocenters. The molecule has 10 heteroatoms. The molecule has 0 spiro atoms. The number of amides is 1. The zero-order valence-corrected chi connectivity index (χ0v) is 21.0. The summed E-state index contributed by atoms with van der Waals surface area (Å²) in [5.74, 6) is -0.559. The molecule has 1 fully saturated rings. The molecule has 1 aliphatic rings. The van der Waals surface area contributed by atoms with Gasteiger partial charge in [-0.2, -0.15) is 0 Å². The van der Waals surface area contributed by atoms with Crippen LogP contribution in [-0.2, 0) is 19.6 Å². The number of ether oxygens (including phenoxy) is 1. The molecular formula is C24H32N4O5S. The van der Waals surface area contributed by atoms with E-state index in [2.05, 4.69) is 22.0 Å². The van der Waals surface area contributed by atoms with E-state index in [9.17, 15) is 18.0 Å². The van der Waals surface area contributed by atoms with Gasteiger partial charge in [0.05, 0.1) is 23.6 Å². The van der Waals surface area contributed by atoms with Crippen molar-refractivity contribution in [2.45, 2.75) is 30.8 Å². The van der Waals surface area contributed by atoms with Gasteiger partial charge in [-0.1, -0.05) is 6.07 Å². The maximum atomic E-state index is 13.0. The van der Waals surface area contributed by atoms with Crippen LogP contribution >= 0.6 is 0 Å². The van der Waals surface area contributed by atoms with E-state index in [4.69, 9.17) is 4.74 Å². The van der Waals surface area contributed by atoms with Crippen molar-refractivity contribution in [3.8, 4) is 0 Å². The summed E-state index contributed by atoms with van der Waals surface area (Å²) in [6, 6.07) is 13.3. The van der Waals surface area contributed by atoms with Gasteiger partial charge >= 0.3 is 5.97 Å². The topological polar surface area (TPSA) is 99.3 Å². The summed E-state index contributed by atoms with van der Waals surface area (Å²) in [4.78, 5) is 29.1. The molecule has 0 bridgehead atoms. The van der Waals surface area contributed by atoms with E-state index in [-0.39, 0.29) is 22.8 Å². The average molecular weight is 489 g/mol. The van der Waals surface area contributed by atoms with Gasteiger partial charge in [-0.25, -0.2) is 17.5 Å². The molecule has 2 unspecified atom stereocenters. The Balaban J connectivity index is 1.63. The SMILES string of the molecule is COC(=O)c1ccc(N2CCN(C(C)C(=O)Nc3cccc(S(=O)(=O)N(C)C)c3)C(C)C2)cc1. The molecule has 9 nitrogen and oxygen atoms in total. The molecule has 0 aromatic heterocycles. The lowest BCUT2D eigenvalue weighted by atomic mass is 10.1. The van der Waals surface area contributed by atoms with Crippen molar-refractivity contribution in [2.24, 2.45) is 0 Å². The number of sulfonamides is 1. The van der Waals surface area contributed by atoms with Crippen LogP contribution in [0.2, 0.25) is 0 Å². The second-order valence-electron chi connectivity index (χ2n) is 8.55. The Hall–Kier alpha value is -2.95. The van der Waals surface area contributed by atoms with Crippen LogP contribution in [0.5, 0.6) is 0 Å². The minimum absolute atomic E-state index is 0.107. The van der Waals surface area contributed by atoms with Crippen molar-refractivity contribution in [2.75, 3.05) is 51.1 Å². The molecule has 1 N–H and O–H groups in total. The van der Waals surface area contributed by atoms with Crippen molar-refractivity contribution < 1.29 is 22.7 Å². The Bertz CT molecular complexity index is 1130. The third-order valence-electron chi connectivity index (χ3n) is 6.09. The highest BCUT2D eigenvalue weighted by Gasteiger charge is 2.31. The monoisotopic (exact) mass is 488 g/mol. The highest BCUT2D eigenvalue weighted by molar-refractivity contribution is 7.89. The lowest BCUT2D eigenvalue weighted by Gasteiger charge is -2.43. The molecule has 3 rings (SSSR count). The van der Waals surface area contributed by atoms with Crippen molar-refractivity contribution in [1.29, 1.82) is 0 Å². The smallest absolute Gasteiger partial charge is 0.337 e. The fourth-order valence-electron chi connectivity index (χ4n) is 4.05. The summed E-state index contributed by atoms with van der Waals surface area (Å²) in [6.07, 6.45) is 0. The predicted octanol–water partition coefficient (Wildman–Crippen LogP) is 2.26. The summed E-state index contributed by atoms with van der Waals surface area (Å²) in [6.45, 7) is 6.07. The van der Waals surface area contributed by atoms with Gasteiger partial charge in [-0.05, 0) is 56.3 Å². The summed E-state index contributed by atoms with van der Waals surface area (Å²) in [7, 11) is 0.711. The summed E-state index contributed by atoms with van der Waals surface area (Å²) in [5, 5.41) is 2.86. The maximum Gasteiger partial charge on any atom is 0.337 e. The molecule has 1 saturated heterocycles. The fourth-order valence-corrected chi connectivity index (χ4v) is 5.00. The lowest BCUT2D eigenvalue weighted by molar-refractivity contribution is -0.121. The van der Waals surface area contributed by atoms with Gasteiger partial charge in [0.1, 0.15) is 0 Å². The first-order valence-corrected chi connectivity index (χ1v) is 12.5. The molecule has 1 amide bonds. The van der Waals surface area contributed by atoms with Gasteiger partial charge in [-0.15, -0.1) is 0 Å². The summed E-state index contributed by atoms with van der Waals surface area (Å²) in [5.41, 5.74) is 1.96. The van der Waals surface area contributed by atoms with Gasteiger partial charge in [0, 0.05) is 51.1 Å². The van der Waals surface area contributed by atoms with E-state index in [1.807, 2.05) is 19.1 Å². The Morgan fingerprint density at radius 3 is 2.38 bits per heavy atom. The van der Waals surface area contributed by atoms with Gasteiger partial charge < -0.3 is 15.0 Å². The minimum atomic E-state index is -3.59. The summed E-state index contributed by atoms with van der Waals surface area (Å²) < 4.78 is 30.7. The van der Waals surface area contributed by atoms with Crippen LogP contribution < -0.4 is 10.2 Å². The predicted molar refractivity (Wildman–Crippen MR) is 132 cm³/mol. The zero-order chi connectivity index (χ0) is 25.0. The average Bonchev–Trinajstić information content (AvgIpc) is 2.83. The van der Waals surface area contributed by atoms with Crippen molar-refractivity contribution in [3.05, 3.63) is 54.1 Å². The van der Waals surface area contributed by atoms with E-state index in [1.165, 1.54) is 33.3 Å². The number of esters is 1. The van der Waals surface area contributed by atoms with Crippen LogP contribution in [0.3, 0.4) is 0 Å². The van der Waals surface area contributed by atoms with Crippen LogP contribution in [-0.4, -0.2) is 82.4 Å². The fraction of sp³-hybridized carbons (Fsp3) is 0.417. The second-order valence-corrected chi connectivity index (χ2v) is 10.7. The van der Waals surface area contributed by atoms with Gasteiger partial charge in [0.15, 0.2) is 0 Å². The first-order chi connectivity index (χ1) is 16.0. The van der Waals surface area contributed by atoms with Crippen molar-refractivity contribution in [3.63, 3.8) is 0 Å². The quantitative estimate of drug-likeness (QED) is 0.597. The van der Waals surface area contributed by atoms with Crippen LogP contribution in [0.1, 0.15) is 24.2 Å². The van der Waals surface area contributed by atoms with Crippen LogP contribution in [0.25, 0.3) is 0 Å². The van der Waals surface area contributed by atoms with E-state index in [1.54, 1.807) is 24.3 Å². The molecule has 184 valence electrons. The lowest BCUT2D eigenvalue weighted by Crippen LogP contribution is -2.57. The van der Waals surface area contributed by atoms with Gasteiger partial charge in [0.2, 0.25) is 15.9 Å². The number of carbonyl (C=O) groups is 2. The Labute approximate surface area is 201 Å². The van der Waals surface area contributed by atoms with Crippen LogP contribution in [0.15, 0.2) is 53.4 Å². The number of hydrogen-bond acceptors (Lipinski definition) is 7.